The van der Waals surface area contributed by atoms with Gasteiger partial charge in [0.15, 0.2) is 17.4 Å². The number of aliphatic imine (C=N–C) groups is 1. The van der Waals surface area contributed by atoms with Crippen molar-refractivity contribution in [2.45, 2.75) is 13.0 Å². The number of primary amides is 1. The summed E-state index contributed by atoms with van der Waals surface area (Å²) in [4.78, 5) is 40.1. The molecule has 2 aromatic carbocycles. The minimum atomic E-state index is -1.42. The average Bonchev–Trinajstić information content (AvgIpc) is 3.05. The number of hydrogen-bond donors (Lipinski definition) is 2. The number of benzene rings is 2. The van der Waals surface area contributed by atoms with Crippen LogP contribution >= 0.6 is 0 Å². The highest BCUT2D eigenvalue weighted by atomic mass is 19.2. The minimum absolute atomic E-state index is 0.00501. The molecule has 0 saturated heterocycles. The second-order valence-corrected chi connectivity index (χ2v) is 6.95. The zero-order chi connectivity index (χ0) is 22.4. The summed E-state index contributed by atoms with van der Waals surface area (Å²) in [7, 11) is 0. The molecule has 1 aliphatic rings. The van der Waals surface area contributed by atoms with Crippen LogP contribution in [0.1, 0.15) is 38.4 Å². The number of amides is 1. The molecule has 2 heterocycles. The molecule has 4 rings (SSSR count). The van der Waals surface area contributed by atoms with E-state index < -0.39 is 53.6 Å². The highest BCUT2D eigenvalue weighted by molar-refractivity contribution is 6.26. The first kappa shape index (κ1) is 20.3. The van der Waals surface area contributed by atoms with Crippen molar-refractivity contribution in [3.05, 3.63) is 70.2 Å². The molecule has 10 heteroatoms. The first-order valence-corrected chi connectivity index (χ1v) is 9.06. The molecule has 31 heavy (non-hydrogen) atoms. The van der Waals surface area contributed by atoms with Crippen LogP contribution in [0.5, 0.6) is 0 Å². The van der Waals surface area contributed by atoms with E-state index in [4.69, 9.17) is 5.73 Å². The summed E-state index contributed by atoms with van der Waals surface area (Å²) < 4.78 is 43.8. The molecule has 0 fully saturated rings. The summed E-state index contributed by atoms with van der Waals surface area (Å²) in [5.41, 5.74) is 5.00. The molecule has 3 N–H and O–H groups in total. The van der Waals surface area contributed by atoms with E-state index in [0.29, 0.717) is 6.07 Å². The number of nitrogens with two attached hydrogens (primary N) is 1. The Morgan fingerprint density at radius 1 is 1.13 bits per heavy atom. The molecule has 3 aromatic rings. The number of ketones is 1. The Bertz CT molecular complexity index is 1330. The normalized spacial score (nSPS) is 13.3. The zero-order valence-electron chi connectivity index (χ0n) is 15.8. The second-order valence-electron chi connectivity index (χ2n) is 6.95. The van der Waals surface area contributed by atoms with Crippen LogP contribution in [-0.2, 0) is 11.3 Å². The van der Waals surface area contributed by atoms with Crippen LogP contribution in [0.25, 0.3) is 10.9 Å². The molecule has 1 amide bonds. The maximum absolute atomic E-state index is 14.4. The van der Waals surface area contributed by atoms with Crippen molar-refractivity contribution in [1.29, 1.82) is 0 Å². The van der Waals surface area contributed by atoms with Gasteiger partial charge in [-0.05, 0) is 24.3 Å². The fraction of sp³-hybridized carbons (Fsp3) is 0.143. The Morgan fingerprint density at radius 2 is 1.84 bits per heavy atom. The van der Waals surface area contributed by atoms with E-state index in [-0.39, 0.29) is 40.0 Å². The fourth-order valence-corrected chi connectivity index (χ4v) is 3.82. The van der Waals surface area contributed by atoms with E-state index in [1.54, 1.807) is 0 Å². The lowest BCUT2D eigenvalue weighted by molar-refractivity contribution is -0.135. The van der Waals surface area contributed by atoms with E-state index >= 15 is 0 Å². The molecule has 0 aliphatic carbocycles. The Kier molecular flexibility index (Phi) is 4.84. The minimum Gasteiger partial charge on any atom is -0.481 e. The maximum atomic E-state index is 14.4. The Balaban J connectivity index is 2.09. The number of aromatic nitrogens is 1. The van der Waals surface area contributed by atoms with Gasteiger partial charge in [0.1, 0.15) is 12.4 Å². The van der Waals surface area contributed by atoms with Gasteiger partial charge in [-0.3, -0.25) is 19.4 Å². The Labute approximate surface area is 172 Å². The molecular weight excluding hydrogens is 415 g/mol. The number of aliphatic carboxylic acids is 1. The number of halogens is 3. The largest absolute Gasteiger partial charge is 0.481 e. The van der Waals surface area contributed by atoms with E-state index in [0.717, 1.165) is 6.07 Å². The number of carbonyl (C=O) groups is 3. The molecule has 0 saturated carbocycles. The van der Waals surface area contributed by atoms with Crippen LogP contribution in [0.2, 0.25) is 0 Å². The van der Waals surface area contributed by atoms with Gasteiger partial charge in [0.05, 0.1) is 35.5 Å². The fourth-order valence-electron chi connectivity index (χ4n) is 3.82. The lowest BCUT2D eigenvalue weighted by atomic mass is 9.96. The average molecular weight is 429 g/mol. The quantitative estimate of drug-likeness (QED) is 0.607. The number of hydrogen-bond acceptors (Lipinski definition) is 4. The van der Waals surface area contributed by atoms with Crippen molar-refractivity contribution in [3.8, 4) is 0 Å². The van der Waals surface area contributed by atoms with E-state index in [9.17, 15) is 32.7 Å². The predicted molar refractivity (Wildman–Crippen MR) is 104 cm³/mol. The van der Waals surface area contributed by atoms with Gasteiger partial charge in [-0.2, -0.15) is 0 Å². The molecule has 0 spiro atoms. The number of rotatable bonds is 5. The van der Waals surface area contributed by atoms with Crippen LogP contribution in [0.3, 0.4) is 0 Å². The summed E-state index contributed by atoms with van der Waals surface area (Å²) in [5, 5.41) is 9.39. The van der Waals surface area contributed by atoms with Gasteiger partial charge in [0.25, 0.3) is 0 Å². The van der Waals surface area contributed by atoms with Gasteiger partial charge in [0.2, 0.25) is 5.91 Å². The summed E-state index contributed by atoms with van der Waals surface area (Å²) in [6.07, 6.45) is -0.573. The molecule has 0 unspecified atom stereocenters. The summed E-state index contributed by atoms with van der Waals surface area (Å²) in [5.74, 6) is -6.31. The van der Waals surface area contributed by atoms with Crippen molar-refractivity contribution in [3.63, 3.8) is 0 Å². The highest BCUT2D eigenvalue weighted by Crippen LogP contribution is 2.34. The first-order chi connectivity index (χ1) is 14.7. The SMILES string of the molecule is NC(=O)c1cccc2c1c1c(n2Cc2c(F)ccc(F)c2F)C(CC(=O)O)=NCC1=O. The van der Waals surface area contributed by atoms with Gasteiger partial charge in [-0.15, -0.1) is 0 Å². The van der Waals surface area contributed by atoms with Gasteiger partial charge in [-0.25, -0.2) is 13.2 Å². The van der Waals surface area contributed by atoms with Crippen molar-refractivity contribution >= 4 is 34.3 Å². The Morgan fingerprint density at radius 3 is 2.52 bits per heavy atom. The van der Waals surface area contributed by atoms with Crippen molar-refractivity contribution < 1.29 is 32.7 Å². The van der Waals surface area contributed by atoms with Crippen LogP contribution in [-0.4, -0.2) is 39.6 Å². The van der Waals surface area contributed by atoms with Gasteiger partial charge in [-0.1, -0.05) is 6.07 Å². The van der Waals surface area contributed by atoms with Gasteiger partial charge < -0.3 is 15.4 Å². The molecule has 0 atom stereocenters. The Hall–Kier alpha value is -3.95. The molecule has 7 nitrogen and oxygen atoms in total. The van der Waals surface area contributed by atoms with E-state index in [1.807, 2.05) is 0 Å². The van der Waals surface area contributed by atoms with Crippen LogP contribution in [0.4, 0.5) is 13.2 Å². The van der Waals surface area contributed by atoms with E-state index in [1.165, 1.54) is 22.8 Å². The second kappa shape index (κ2) is 7.38. The number of fused-ring (bicyclic) bond motifs is 3. The third kappa shape index (κ3) is 3.25. The molecule has 158 valence electrons. The highest BCUT2D eigenvalue weighted by Gasteiger charge is 2.32. The molecular formula is C21H14F3N3O4. The predicted octanol–water partition coefficient (Wildman–Crippen LogP) is 2.67. The third-order valence-corrected chi connectivity index (χ3v) is 5.09. The lowest BCUT2D eigenvalue weighted by Gasteiger charge is -2.17. The smallest absolute Gasteiger partial charge is 0.309 e. The summed E-state index contributed by atoms with van der Waals surface area (Å²) >= 11 is 0. The monoisotopic (exact) mass is 429 g/mol. The molecule has 0 radical (unpaired) electrons. The number of carbonyl (C=O) groups excluding carboxylic acids is 2. The zero-order valence-corrected chi connectivity index (χ0v) is 15.8. The number of nitrogens with zero attached hydrogens (tertiary/aromatic N) is 2. The molecule has 1 aromatic heterocycles. The number of Topliss-reactive ketones (excluding diaryl/α,β-unsaturated/α-hetero) is 1. The third-order valence-electron chi connectivity index (χ3n) is 5.09. The van der Waals surface area contributed by atoms with Crippen molar-refractivity contribution in [1.82, 2.24) is 4.57 Å². The van der Waals surface area contributed by atoms with Crippen LogP contribution < -0.4 is 5.73 Å². The topological polar surface area (TPSA) is 115 Å². The molecule has 0 bridgehead atoms. The number of carboxylic acid groups (broad SMARTS) is 1. The number of carboxylic acids is 1. The molecule has 1 aliphatic heterocycles. The standard InChI is InChI=1S/C21H14F3N3O4/c22-11-4-5-12(23)19(24)10(11)8-27-14-3-1-2-9(21(25)31)17(14)18-15(28)7-26-13(20(18)27)6-16(29)30/h1-5H,6-8H2,(H2,25,31)(H,29,30). The van der Waals surface area contributed by atoms with Gasteiger partial charge >= 0.3 is 5.97 Å². The van der Waals surface area contributed by atoms with Crippen LogP contribution in [0.15, 0.2) is 35.3 Å². The van der Waals surface area contributed by atoms with E-state index in [2.05, 4.69) is 4.99 Å². The van der Waals surface area contributed by atoms with Crippen molar-refractivity contribution in [2.75, 3.05) is 6.54 Å². The van der Waals surface area contributed by atoms with Gasteiger partial charge in [0, 0.05) is 16.5 Å². The summed E-state index contributed by atoms with van der Waals surface area (Å²) in [6.45, 7) is -0.931. The van der Waals surface area contributed by atoms with Crippen molar-refractivity contribution in [2.24, 2.45) is 10.7 Å². The van der Waals surface area contributed by atoms with Crippen LogP contribution in [0, 0.1) is 17.5 Å². The first-order valence-electron chi connectivity index (χ1n) is 9.06. The summed E-state index contributed by atoms with van der Waals surface area (Å²) in [6, 6.07) is 5.73. The maximum Gasteiger partial charge on any atom is 0.309 e. The lowest BCUT2D eigenvalue weighted by Crippen LogP contribution is -2.24.